The summed E-state index contributed by atoms with van der Waals surface area (Å²) in [5, 5.41) is 13.9. The summed E-state index contributed by atoms with van der Waals surface area (Å²) < 4.78 is 6.83. The smallest absolute Gasteiger partial charge is 0.349 e. The first-order valence-corrected chi connectivity index (χ1v) is 12.1. The summed E-state index contributed by atoms with van der Waals surface area (Å²) in [7, 11) is 0. The molecule has 0 aliphatic heterocycles. The minimum Gasteiger partial charge on any atom is -0.454 e. The molecule has 36 heavy (non-hydrogen) atoms. The van der Waals surface area contributed by atoms with E-state index in [0.717, 1.165) is 31.7 Å². The van der Waals surface area contributed by atoms with Crippen molar-refractivity contribution in [3.8, 4) is 33.8 Å². The van der Waals surface area contributed by atoms with E-state index in [9.17, 15) is 9.59 Å². The number of nitrogens with one attached hydrogen (secondary N) is 1. The van der Waals surface area contributed by atoms with Crippen LogP contribution in [0.15, 0.2) is 58.1 Å². The van der Waals surface area contributed by atoms with E-state index in [4.69, 9.17) is 38.2 Å². The molecule has 3 heterocycles. The van der Waals surface area contributed by atoms with Gasteiger partial charge in [0.2, 0.25) is 5.69 Å². The summed E-state index contributed by atoms with van der Waals surface area (Å²) >= 11 is 14.6. The SMILES string of the molecule is Cc1ccc(-c2cc(C)c3cc(Oc4c(Cl)cc(-n5nc(C#N)c(=O)[nH]c5=O)cc4Cl)ccc3n2)s1. The number of aromatic nitrogens is 4. The van der Waals surface area contributed by atoms with E-state index in [0.29, 0.717) is 5.75 Å². The average Bonchev–Trinajstić information content (AvgIpc) is 3.28. The largest absolute Gasteiger partial charge is 0.454 e. The number of rotatable bonds is 4. The molecule has 5 rings (SSSR count). The Hall–Kier alpha value is -3.97. The highest BCUT2D eigenvalue weighted by Crippen LogP contribution is 2.39. The highest BCUT2D eigenvalue weighted by atomic mass is 35.5. The Morgan fingerprint density at radius 3 is 2.47 bits per heavy atom. The first-order valence-electron chi connectivity index (χ1n) is 10.5. The number of hydrogen-bond donors (Lipinski definition) is 1. The number of aryl methyl sites for hydroxylation is 2. The third-order valence-electron chi connectivity index (χ3n) is 5.36. The number of nitrogens with zero attached hydrogens (tertiary/aromatic N) is 4. The van der Waals surface area contributed by atoms with Crippen LogP contribution >= 0.6 is 34.5 Å². The van der Waals surface area contributed by atoms with Crippen molar-refractivity contribution in [2.45, 2.75) is 13.8 Å². The summed E-state index contributed by atoms with van der Waals surface area (Å²) in [6.07, 6.45) is 0. The molecule has 0 atom stereocenters. The van der Waals surface area contributed by atoms with E-state index in [1.807, 2.05) is 30.1 Å². The van der Waals surface area contributed by atoms with E-state index in [2.05, 4.69) is 24.2 Å². The molecule has 0 radical (unpaired) electrons. The topological polar surface area (TPSA) is 114 Å². The molecule has 0 aliphatic rings. The fourth-order valence-corrected chi connectivity index (χ4v) is 5.05. The Kier molecular flexibility index (Phi) is 6.10. The van der Waals surface area contributed by atoms with Gasteiger partial charge in [-0.15, -0.1) is 16.4 Å². The lowest BCUT2D eigenvalue weighted by molar-refractivity contribution is 0.483. The lowest BCUT2D eigenvalue weighted by atomic mass is 10.1. The highest BCUT2D eigenvalue weighted by molar-refractivity contribution is 7.15. The molecule has 0 aliphatic carbocycles. The molecular weight excluding hydrogens is 521 g/mol. The summed E-state index contributed by atoms with van der Waals surface area (Å²) in [5.41, 5.74) is 0.747. The lowest BCUT2D eigenvalue weighted by Gasteiger charge is -2.13. The van der Waals surface area contributed by atoms with Crippen LogP contribution in [-0.2, 0) is 0 Å². The number of fused-ring (bicyclic) bond motifs is 1. The molecule has 11 heteroatoms. The van der Waals surface area contributed by atoms with Crippen molar-refractivity contribution in [3.63, 3.8) is 0 Å². The van der Waals surface area contributed by atoms with Crippen LogP contribution in [-0.4, -0.2) is 19.7 Å². The maximum atomic E-state index is 12.2. The summed E-state index contributed by atoms with van der Waals surface area (Å²) in [6.45, 7) is 4.07. The molecule has 0 bridgehead atoms. The first-order chi connectivity index (χ1) is 17.2. The van der Waals surface area contributed by atoms with Gasteiger partial charge in [-0.1, -0.05) is 23.2 Å². The van der Waals surface area contributed by atoms with Crippen molar-refractivity contribution in [1.82, 2.24) is 19.7 Å². The molecule has 0 amide bonds. The van der Waals surface area contributed by atoms with Gasteiger partial charge in [-0.3, -0.25) is 9.78 Å². The zero-order chi connectivity index (χ0) is 25.6. The first kappa shape index (κ1) is 23.8. The fraction of sp³-hybridized carbons (Fsp3) is 0.0800. The number of hydrogen-bond acceptors (Lipinski definition) is 7. The molecule has 1 N–H and O–H groups in total. The molecule has 0 fully saturated rings. The molecule has 5 aromatic rings. The van der Waals surface area contributed by atoms with Crippen molar-refractivity contribution in [3.05, 3.63) is 95.5 Å². The van der Waals surface area contributed by atoms with E-state index >= 15 is 0 Å². The molecule has 2 aromatic carbocycles. The fourth-order valence-electron chi connectivity index (χ4n) is 3.67. The van der Waals surface area contributed by atoms with Gasteiger partial charge in [0.1, 0.15) is 11.8 Å². The van der Waals surface area contributed by atoms with Crippen LogP contribution in [0.4, 0.5) is 0 Å². The number of thiophene rings is 1. The molecule has 0 unspecified atom stereocenters. The van der Waals surface area contributed by atoms with Gasteiger partial charge in [-0.05, 0) is 67.9 Å². The number of H-pyrrole nitrogens is 1. The monoisotopic (exact) mass is 535 g/mol. The second-order valence-electron chi connectivity index (χ2n) is 7.89. The Bertz CT molecular complexity index is 1810. The molecular formula is C25H15Cl2N5O3S. The predicted octanol–water partition coefficient (Wildman–Crippen LogP) is 5.79. The van der Waals surface area contributed by atoms with Crippen molar-refractivity contribution in [2.75, 3.05) is 0 Å². The molecule has 3 aromatic heterocycles. The third kappa shape index (κ3) is 4.38. The number of aromatic amines is 1. The Morgan fingerprint density at radius 2 is 1.81 bits per heavy atom. The minimum atomic E-state index is -0.880. The van der Waals surface area contributed by atoms with Gasteiger partial charge in [-0.25, -0.2) is 9.78 Å². The van der Waals surface area contributed by atoms with Gasteiger partial charge in [0.05, 0.1) is 31.8 Å². The summed E-state index contributed by atoms with van der Waals surface area (Å²) in [4.78, 5) is 33.0. The van der Waals surface area contributed by atoms with Crippen molar-refractivity contribution in [1.29, 1.82) is 5.26 Å². The van der Waals surface area contributed by atoms with Crippen LogP contribution in [0.1, 0.15) is 16.1 Å². The molecule has 0 saturated heterocycles. The predicted molar refractivity (Wildman–Crippen MR) is 140 cm³/mol. The quantitative estimate of drug-likeness (QED) is 0.311. The number of ether oxygens (including phenoxy) is 1. The van der Waals surface area contributed by atoms with Crippen molar-refractivity contribution in [2.24, 2.45) is 0 Å². The average molecular weight is 536 g/mol. The normalized spacial score (nSPS) is 11.0. The van der Waals surface area contributed by atoms with Crippen molar-refractivity contribution >= 4 is 45.4 Å². The molecule has 0 saturated carbocycles. The second-order valence-corrected chi connectivity index (χ2v) is 9.99. The van der Waals surface area contributed by atoms with E-state index in [1.54, 1.807) is 23.5 Å². The van der Waals surface area contributed by atoms with Crippen LogP contribution in [0.5, 0.6) is 11.5 Å². The van der Waals surface area contributed by atoms with E-state index in [1.165, 1.54) is 17.0 Å². The zero-order valence-electron chi connectivity index (χ0n) is 18.8. The number of nitriles is 1. The van der Waals surface area contributed by atoms with Crippen LogP contribution < -0.4 is 16.0 Å². The van der Waals surface area contributed by atoms with Gasteiger partial charge >= 0.3 is 5.69 Å². The highest BCUT2D eigenvalue weighted by Gasteiger charge is 2.16. The van der Waals surface area contributed by atoms with Crippen LogP contribution in [0.3, 0.4) is 0 Å². The van der Waals surface area contributed by atoms with Crippen LogP contribution in [0.25, 0.3) is 27.2 Å². The van der Waals surface area contributed by atoms with Gasteiger partial charge in [-0.2, -0.15) is 9.94 Å². The molecule has 8 nitrogen and oxygen atoms in total. The summed E-state index contributed by atoms with van der Waals surface area (Å²) in [5.74, 6) is 0.672. The van der Waals surface area contributed by atoms with Crippen LogP contribution in [0, 0.1) is 25.2 Å². The standard InChI is InChI=1S/C25H15Cl2N5O3S/c1-12-7-20(22-6-3-13(2)36-22)29-19-5-4-15(10-16(12)19)35-23-17(26)8-14(9-18(23)27)32-25(34)30-24(33)21(11-28)31-32/h3-10H,1-2H3,(H,30,33,34). The maximum Gasteiger partial charge on any atom is 0.349 e. The summed E-state index contributed by atoms with van der Waals surface area (Å²) in [6, 6.07) is 16.1. The van der Waals surface area contributed by atoms with Gasteiger partial charge in [0, 0.05) is 10.3 Å². The van der Waals surface area contributed by atoms with E-state index < -0.39 is 16.9 Å². The third-order valence-corrected chi connectivity index (χ3v) is 6.95. The maximum absolute atomic E-state index is 12.2. The van der Waals surface area contributed by atoms with E-state index in [-0.39, 0.29) is 21.5 Å². The molecule has 0 spiro atoms. The van der Waals surface area contributed by atoms with Gasteiger partial charge in [0.15, 0.2) is 5.75 Å². The zero-order valence-corrected chi connectivity index (χ0v) is 21.1. The Labute approximate surface area is 218 Å². The Morgan fingerprint density at radius 1 is 1.06 bits per heavy atom. The number of pyridine rings is 1. The van der Waals surface area contributed by atoms with Crippen molar-refractivity contribution < 1.29 is 4.74 Å². The lowest BCUT2D eigenvalue weighted by Crippen LogP contribution is -2.33. The van der Waals surface area contributed by atoms with Gasteiger partial charge < -0.3 is 4.74 Å². The molecule has 178 valence electrons. The van der Waals surface area contributed by atoms with Crippen LogP contribution in [0.2, 0.25) is 10.0 Å². The number of benzene rings is 2. The Balaban J connectivity index is 1.50. The minimum absolute atomic E-state index is 0.106. The van der Waals surface area contributed by atoms with Gasteiger partial charge in [0.25, 0.3) is 5.56 Å². The second kappa shape index (κ2) is 9.24. The number of halogens is 2.